The van der Waals surface area contributed by atoms with Crippen LogP contribution in [0.1, 0.15) is 45.2 Å². The van der Waals surface area contributed by atoms with Crippen LogP contribution in [0.4, 0.5) is 0 Å². The number of aryl methyl sites for hydroxylation is 2. The average molecular weight is 414 g/mol. The predicted molar refractivity (Wildman–Crippen MR) is 117 cm³/mol. The maximum atomic E-state index is 12.5. The maximum Gasteiger partial charge on any atom is 0.329 e. The number of thioether (sulfide) groups is 1. The molecule has 2 rings (SSSR count). The van der Waals surface area contributed by atoms with Crippen LogP contribution in [0.3, 0.4) is 0 Å². The van der Waals surface area contributed by atoms with Gasteiger partial charge in [0.15, 0.2) is 12.4 Å². The topological polar surface area (TPSA) is 72.5 Å². The van der Waals surface area contributed by atoms with Gasteiger partial charge in [-0.1, -0.05) is 48.9 Å². The number of rotatable bonds is 10. The first kappa shape index (κ1) is 22.7. The molecule has 6 heteroatoms. The van der Waals surface area contributed by atoms with Crippen molar-refractivity contribution in [3.8, 4) is 0 Å². The van der Waals surface area contributed by atoms with E-state index in [4.69, 9.17) is 4.74 Å². The number of ketones is 1. The van der Waals surface area contributed by atoms with E-state index in [2.05, 4.69) is 5.32 Å². The Kier molecular flexibility index (Phi) is 8.93. The van der Waals surface area contributed by atoms with Crippen LogP contribution in [-0.2, 0) is 16.0 Å². The Bertz CT molecular complexity index is 848. The van der Waals surface area contributed by atoms with Crippen molar-refractivity contribution in [2.24, 2.45) is 0 Å². The fourth-order valence-electron chi connectivity index (χ4n) is 2.76. The molecule has 1 N–H and O–H groups in total. The largest absolute Gasteiger partial charge is 0.456 e. The van der Waals surface area contributed by atoms with Gasteiger partial charge in [0.1, 0.15) is 6.04 Å². The van der Waals surface area contributed by atoms with Crippen LogP contribution in [0.15, 0.2) is 48.5 Å². The number of ether oxygens (including phenoxy) is 1. The van der Waals surface area contributed by atoms with Crippen molar-refractivity contribution in [3.63, 3.8) is 0 Å². The summed E-state index contributed by atoms with van der Waals surface area (Å²) in [6.45, 7) is 3.59. The van der Waals surface area contributed by atoms with Crippen molar-refractivity contribution in [1.82, 2.24) is 5.32 Å². The number of carbonyl (C=O) groups excluding carboxylic acids is 3. The Morgan fingerprint density at radius 2 is 1.79 bits per heavy atom. The lowest BCUT2D eigenvalue weighted by Crippen LogP contribution is -2.42. The molecule has 1 amide bonds. The van der Waals surface area contributed by atoms with E-state index < -0.39 is 12.0 Å². The second-order valence-corrected chi connectivity index (χ2v) is 7.74. The summed E-state index contributed by atoms with van der Waals surface area (Å²) in [6, 6.07) is 13.6. The first-order valence-corrected chi connectivity index (χ1v) is 11.0. The smallest absolute Gasteiger partial charge is 0.329 e. The Labute approximate surface area is 176 Å². The van der Waals surface area contributed by atoms with Gasteiger partial charge in [-0.25, -0.2) is 4.79 Å². The van der Waals surface area contributed by atoms with Gasteiger partial charge in [-0.3, -0.25) is 9.59 Å². The maximum absolute atomic E-state index is 12.5. The van der Waals surface area contributed by atoms with Gasteiger partial charge >= 0.3 is 5.97 Å². The quantitative estimate of drug-likeness (QED) is 0.473. The summed E-state index contributed by atoms with van der Waals surface area (Å²) >= 11 is 1.57. The molecule has 1 atom stereocenters. The van der Waals surface area contributed by atoms with E-state index in [1.807, 2.05) is 38.3 Å². The highest BCUT2D eigenvalue weighted by atomic mass is 32.2. The van der Waals surface area contributed by atoms with Gasteiger partial charge in [0.05, 0.1) is 0 Å². The van der Waals surface area contributed by atoms with E-state index in [1.54, 1.807) is 42.1 Å². The third-order valence-corrected chi connectivity index (χ3v) is 5.15. The van der Waals surface area contributed by atoms with Crippen molar-refractivity contribution < 1.29 is 19.1 Å². The summed E-state index contributed by atoms with van der Waals surface area (Å²) in [5.74, 6) is -0.522. The second kappa shape index (κ2) is 11.4. The number of esters is 1. The Morgan fingerprint density at radius 1 is 1.07 bits per heavy atom. The molecule has 0 radical (unpaired) electrons. The lowest BCUT2D eigenvalue weighted by Gasteiger charge is -2.17. The molecule has 0 aromatic heterocycles. The minimum Gasteiger partial charge on any atom is -0.456 e. The monoisotopic (exact) mass is 413 g/mol. The normalized spacial score (nSPS) is 11.6. The van der Waals surface area contributed by atoms with Crippen LogP contribution < -0.4 is 5.32 Å². The molecule has 5 nitrogen and oxygen atoms in total. The van der Waals surface area contributed by atoms with Crippen LogP contribution in [0, 0.1) is 6.92 Å². The van der Waals surface area contributed by atoms with Gasteiger partial charge in [0.2, 0.25) is 0 Å². The van der Waals surface area contributed by atoms with E-state index in [9.17, 15) is 14.4 Å². The summed E-state index contributed by atoms with van der Waals surface area (Å²) in [4.78, 5) is 37.3. The van der Waals surface area contributed by atoms with Gasteiger partial charge in [-0.15, -0.1) is 0 Å². The third-order valence-electron chi connectivity index (χ3n) is 4.51. The van der Waals surface area contributed by atoms with E-state index >= 15 is 0 Å². The zero-order valence-electron chi connectivity index (χ0n) is 17.1. The van der Waals surface area contributed by atoms with Crippen LogP contribution in [0.25, 0.3) is 0 Å². The SMILES string of the molecule is CCc1ccc(C(=O)COC(=O)[C@H](CCSC)NC(=O)c2cccc(C)c2)cc1. The zero-order valence-corrected chi connectivity index (χ0v) is 17.9. The van der Waals surface area contributed by atoms with E-state index in [0.29, 0.717) is 23.3 Å². The molecule has 29 heavy (non-hydrogen) atoms. The van der Waals surface area contributed by atoms with Crippen LogP contribution in [-0.4, -0.2) is 42.3 Å². The molecular formula is C23H27NO4S. The molecule has 0 heterocycles. The Balaban J connectivity index is 1.98. The highest BCUT2D eigenvalue weighted by molar-refractivity contribution is 7.98. The summed E-state index contributed by atoms with van der Waals surface area (Å²) in [5.41, 5.74) is 3.08. The van der Waals surface area contributed by atoms with E-state index in [-0.39, 0.29) is 18.3 Å². The second-order valence-electron chi connectivity index (χ2n) is 6.76. The van der Waals surface area contributed by atoms with Gasteiger partial charge in [0.25, 0.3) is 5.91 Å². The Morgan fingerprint density at radius 3 is 2.41 bits per heavy atom. The van der Waals surface area contributed by atoms with E-state index in [1.165, 1.54) is 0 Å². The minimum absolute atomic E-state index is 0.269. The van der Waals surface area contributed by atoms with E-state index in [0.717, 1.165) is 17.5 Å². The molecule has 0 saturated heterocycles. The number of Topliss-reactive ketones (excluding diaryl/α,β-unsaturated/α-hetero) is 1. The number of benzene rings is 2. The molecule has 0 aliphatic carbocycles. The lowest BCUT2D eigenvalue weighted by molar-refractivity contribution is -0.144. The van der Waals surface area contributed by atoms with Crippen LogP contribution in [0.5, 0.6) is 0 Å². The van der Waals surface area contributed by atoms with Gasteiger partial charge in [-0.05, 0) is 49.5 Å². The fraction of sp³-hybridized carbons (Fsp3) is 0.348. The summed E-state index contributed by atoms with van der Waals surface area (Å²) in [7, 11) is 0. The van der Waals surface area contributed by atoms with Crippen LogP contribution >= 0.6 is 11.8 Å². The average Bonchev–Trinajstić information content (AvgIpc) is 2.74. The van der Waals surface area contributed by atoms with Crippen molar-refractivity contribution in [3.05, 3.63) is 70.8 Å². The number of amides is 1. The number of carbonyl (C=O) groups is 3. The predicted octanol–water partition coefficient (Wildman–Crippen LogP) is 3.84. The molecule has 0 bridgehead atoms. The number of hydrogen-bond acceptors (Lipinski definition) is 5. The molecule has 0 spiro atoms. The van der Waals surface area contributed by atoms with Gasteiger partial charge in [0, 0.05) is 11.1 Å². The molecule has 2 aromatic carbocycles. The molecule has 2 aromatic rings. The molecule has 0 aliphatic heterocycles. The number of nitrogens with one attached hydrogen (secondary N) is 1. The first-order valence-electron chi connectivity index (χ1n) is 9.59. The van der Waals surface area contributed by atoms with Crippen molar-refractivity contribution in [2.75, 3.05) is 18.6 Å². The molecule has 154 valence electrons. The molecule has 0 aliphatic rings. The molecule has 0 unspecified atom stereocenters. The Hall–Kier alpha value is -2.60. The fourth-order valence-corrected chi connectivity index (χ4v) is 3.23. The zero-order chi connectivity index (χ0) is 21.2. The van der Waals surface area contributed by atoms with Gasteiger partial charge in [-0.2, -0.15) is 11.8 Å². The summed E-state index contributed by atoms with van der Waals surface area (Å²) in [6.07, 6.45) is 3.24. The standard InChI is InChI=1S/C23H27NO4S/c1-4-17-8-10-18(11-9-17)21(25)15-28-23(27)20(12-13-29-3)24-22(26)19-7-5-6-16(2)14-19/h5-11,14,20H,4,12-13,15H2,1-3H3,(H,24,26)/t20-/m0/s1. The highest BCUT2D eigenvalue weighted by Gasteiger charge is 2.23. The first-order chi connectivity index (χ1) is 13.9. The van der Waals surface area contributed by atoms with Gasteiger partial charge < -0.3 is 10.1 Å². The van der Waals surface area contributed by atoms with Crippen molar-refractivity contribution in [2.45, 2.75) is 32.7 Å². The molecule has 0 saturated carbocycles. The van der Waals surface area contributed by atoms with Crippen molar-refractivity contribution in [1.29, 1.82) is 0 Å². The summed E-state index contributed by atoms with van der Waals surface area (Å²) in [5, 5.41) is 2.74. The number of hydrogen-bond donors (Lipinski definition) is 1. The molecular weight excluding hydrogens is 386 g/mol. The van der Waals surface area contributed by atoms with Crippen molar-refractivity contribution >= 4 is 29.4 Å². The van der Waals surface area contributed by atoms with Crippen LogP contribution in [0.2, 0.25) is 0 Å². The molecule has 0 fully saturated rings. The third kappa shape index (κ3) is 7.06. The minimum atomic E-state index is -0.800. The summed E-state index contributed by atoms with van der Waals surface area (Å²) < 4.78 is 5.22. The lowest BCUT2D eigenvalue weighted by atomic mass is 10.1. The highest BCUT2D eigenvalue weighted by Crippen LogP contribution is 2.09.